The average Bonchev–Trinajstić information content (AvgIpc) is 3.02. The van der Waals surface area contributed by atoms with Crippen molar-refractivity contribution in [3.63, 3.8) is 0 Å². The van der Waals surface area contributed by atoms with Crippen molar-refractivity contribution in [3.8, 4) is 0 Å². The summed E-state index contributed by atoms with van der Waals surface area (Å²) in [5, 5.41) is 8.58. The lowest BCUT2D eigenvalue weighted by Gasteiger charge is -2.02. The molecule has 2 heterocycles. The van der Waals surface area contributed by atoms with E-state index in [1.807, 2.05) is 24.3 Å². The summed E-state index contributed by atoms with van der Waals surface area (Å²) < 4.78 is 6.64. The van der Waals surface area contributed by atoms with Crippen molar-refractivity contribution in [3.05, 3.63) is 67.6 Å². The standard InChI is InChI=1S/C15H13BrClN5O2/c16-14-11(18)7-19-22(15(14)23)8-13-20-12(21-24-13)6-3-9-1-4-10(17)5-2-9/h1-2,4-5,7H,3,6,8,18H2. The summed E-state index contributed by atoms with van der Waals surface area (Å²) in [6.07, 6.45) is 2.78. The molecule has 0 atom stereocenters. The van der Waals surface area contributed by atoms with Gasteiger partial charge in [0.1, 0.15) is 11.0 Å². The van der Waals surface area contributed by atoms with Gasteiger partial charge in [0.15, 0.2) is 5.82 Å². The van der Waals surface area contributed by atoms with Gasteiger partial charge in [0.05, 0.1) is 11.9 Å². The SMILES string of the molecule is Nc1cnn(Cc2nc(CCc3ccc(Cl)cc3)no2)c(=O)c1Br. The van der Waals surface area contributed by atoms with Crippen LogP contribution in [0.1, 0.15) is 17.3 Å². The van der Waals surface area contributed by atoms with Gasteiger partial charge >= 0.3 is 0 Å². The molecule has 9 heteroatoms. The van der Waals surface area contributed by atoms with Crippen LogP contribution < -0.4 is 11.3 Å². The third-order valence-corrected chi connectivity index (χ3v) is 4.41. The Hall–Kier alpha value is -2.19. The van der Waals surface area contributed by atoms with Gasteiger partial charge in [-0.1, -0.05) is 28.9 Å². The van der Waals surface area contributed by atoms with E-state index < -0.39 is 0 Å². The molecule has 3 aromatic rings. The second-order valence-electron chi connectivity index (χ2n) is 5.11. The molecule has 0 fully saturated rings. The molecule has 1 aromatic carbocycles. The number of rotatable bonds is 5. The topological polar surface area (TPSA) is 99.8 Å². The van der Waals surface area contributed by atoms with Crippen LogP contribution in [0.15, 0.2) is 44.3 Å². The lowest BCUT2D eigenvalue weighted by molar-refractivity contribution is 0.358. The molecular weight excluding hydrogens is 398 g/mol. The zero-order valence-electron chi connectivity index (χ0n) is 12.4. The van der Waals surface area contributed by atoms with Gasteiger partial charge in [-0.3, -0.25) is 4.79 Å². The Morgan fingerprint density at radius 1 is 1.25 bits per heavy atom. The Balaban J connectivity index is 1.66. The Morgan fingerprint density at radius 3 is 2.75 bits per heavy atom. The number of halogens is 2. The van der Waals surface area contributed by atoms with Gasteiger partial charge in [-0.15, -0.1) is 0 Å². The van der Waals surface area contributed by atoms with Crippen LogP contribution >= 0.6 is 27.5 Å². The van der Waals surface area contributed by atoms with Crippen LogP contribution in [-0.4, -0.2) is 19.9 Å². The van der Waals surface area contributed by atoms with Crippen molar-refractivity contribution in [1.82, 2.24) is 19.9 Å². The molecule has 3 rings (SSSR count). The summed E-state index contributed by atoms with van der Waals surface area (Å²) in [6, 6.07) is 7.60. The summed E-state index contributed by atoms with van der Waals surface area (Å²) in [7, 11) is 0. The number of hydrogen-bond acceptors (Lipinski definition) is 6. The molecule has 7 nitrogen and oxygen atoms in total. The highest BCUT2D eigenvalue weighted by Crippen LogP contribution is 2.13. The Morgan fingerprint density at radius 2 is 2.00 bits per heavy atom. The van der Waals surface area contributed by atoms with Gasteiger partial charge in [0.2, 0.25) is 5.89 Å². The minimum atomic E-state index is -0.351. The molecule has 0 aliphatic heterocycles. The monoisotopic (exact) mass is 409 g/mol. The zero-order chi connectivity index (χ0) is 17.1. The molecular formula is C15H13BrClN5O2. The molecule has 0 aliphatic rings. The fourth-order valence-corrected chi connectivity index (χ4v) is 2.51. The van der Waals surface area contributed by atoms with E-state index in [-0.39, 0.29) is 22.3 Å². The van der Waals surface area contributed by atoms with E-state index in [0.717, 1.165) is 12.0 Å². The number of nitrogens with two attached hydrogens (primary N) is 1. The third kappa shape index (κ3) is 3.82. The largest absolute Gasteiger partial charge is 0.396 e. The quantitative estimate of drug-likeness (QED) is 0.693. The molecule has 0 saturated heterocycles. The molecule has 0 aliphatic carbocycles. The maximum Gasteiger partial charge on any atom is 0.283 e. The number of nitrogen functional groups attached to an aromatic ring is 1. The van der Waals surface area contributed by atoms with E-state index in [1.54, 1.807) is 0 Å². The predicted octanol–water partition coefficient (Wildman–Crippen LogP) is 2.46. The molecule has 2 aromatic heterocycles. The number of hydrogen-bond donors (Lipinski definition) is 1. The van der Waals surface area contributed by atoms with Crippen LogP contribution in [0.5, 0.6) is 0 Å². The van der Waals surface area contributed by atoms with Crippen LogP contribution in [0.3, 0.4) is 0 Å². The molecule has 124 valence electrons. The zero-order valence-corrected chi connectivity index (χ0v) is 14.8. The van der Waals surface area contributed by atoms with E-state index in [1.165, 1.54) is 10.9 Å². The maximum atomic E-state index is 12.0. The van der Waals surface area contributed by atoms with Crippen LogP contribution in [0.2, 0.25) is 5.02 Å². The first kappa shape index (κ1) is 16.7. The smallest absolute Gasteiger partial charge is 0.283 e. The van der Waals surface area contributed by atoms with Crippen LogP contribution in [0, 0.1) is 0 Å². The van der Waals surface area contributed by atoms with Crippen molar-refractivity contribution in [2.24, 2.45) is 0 Å². The normalized spacial score (nSPS) is 10.9. The first-order valence-electron chi connectivity index (χ1n) is 7.10. The highest BCUT2D eigenvalue weighted by Gasteiger charge is 2.11. The molecule has 2 N–H and O–H groups in total. The molecule has 0 radical (unpaired) electrons. The first-order chi connectivity index (χ1) is 11.5. The third-order valence-electron chi connectivity index (χ3n) is 3.36. The molecule has 0 saturated carbocycles. The summed E-state index contributed by atoms with van der Waals surface area (Å²) >= 11 is 8.99. The van der Waals surface area contributed by atoms with E-state index in [0.29, 0.717) is 23.2 Å². The molecule has 0 bridgehead atoms. The lowest BCUT2D eigenvalue weighted by Crippen LogP contribution is -2.24. The minimum Gasteiger partial charge on any atom is -0.396 e. The van der Waals surface area contributed by atoms with Gasteiger partial charge < -0.3 is 10.3 Å². The van der Waals surface area contributed by atoms with E-state index in [9.17, 15) is 4.79 Å². The first-order valence-corrected chi connectivity index (χ1v) is 8.27. The van der Waals surface area contributed by atoms with Gasteiger partial charge in [0, 0.05) is 11.4 Å². The van der Waals surface area contributed by atoms with Crippen LogP contribution in [0.4, 0.5) is 5.69 Å². The van der Waals surface area contributed by atoms with Crippen molar-refractivity contribution in [1.29, 1.82) is 0 Å². The fourth-order valence-electron chi connectivity index (χ4n) is 2.08. The number of benzene rings is 1. The summed E-state index contributed by atoms with van der Waals surface area (Å²) in [5.41, 5.74) is 6.67. The lowest BCUT2D eigenvalue weighted by atomic mass is 10.1. The average molecular weight is 411 g/mol. The summed E-state index contributed by atoms with van der Waals surface area (Å²) in [5.74, 6) is 0.884. The van der Waals surface area contributed by atoms with E-state index in [2.05, 4.69) is 31.2 Å². The highest BCUT2D eigenvalue weighted by atomic mass is 79.9. The second kappa shape index (κ2) is 7.14. The summed E-state index contributed by atoms with van der Waals surface area (Å²) in [4.78, 5) is 16.3. The van der Waals surface area contributed by atoms with E-state index >= 15 is 0 Å². The number of anilines is 1. The fraction of sp³-hybridized carbons (Fsp3) is 0.200. The van der Waals surface area contributed by atoms with Gasteiger partial charge in [0.25, 0.3) is 5.56 Å². The van der Waals surface area contributed by atoms with Crippen molar-refractivity contribution in [2.75, 3.05) is 5.73 Å². The molecule has 24 heavy (non-hydrogen) atoms. The summed E-state index contributed by atoms with van der Waals surface area (Å²) in [6.45, 7) is 0.0889. The van der Waals surface area contributed by atoms with Gasteiger partial charge in [-0.25, -0.2) is 4.68 Å². The van der Waals surface area contributed by atoms with Gasteiger partial charge in [-0.2, -0.15) is 10.1 Å². The number of nitrogens with zero attached hydrogens (tertiary/aromatic N) is 4. The predicted molar refractivity (Wildman–Crippen MR) is 92.9 cm³/mol. The van der Waals surface area contributed by atoms with Crippen molar-refractivity contribution in [2.45, 2.75) is 19.4 Å². The van der Waals surface area contributed by atoms with Crippen molar-refractivity contribution < 1.29 is 4.52 Å². The Labute approximate surface area is 150 Å². The number of aromatic nitrogens is 4. The van der Waals surface area contributed by atoms with E-state index in [4.69, 9.17) is 21.9 Å². The van der Waals surface area contributed by atoms with Crippen LogP contribution in [0.25, 0.3) is 0 Å². The van der Waals surface area contributed by atoms with Gasteiger partial charge in [-0.05, 0) is 40.0 Å². The molecule has 0 unspecified atom stereocenters. The molecule has 0 spiro atoms. The minimum absolute atomic E-state index is 0.0889. The van der Waals surface area contributed by atoms with Crippen molar-refractivity contribution >= 4 is 33.2 Å². The number of aryl methyl sites for hydroxylation is 2. The van der Waals surface area contributed by atoms with Crippen LogP contribution in [-0.2, 0) is 19.4 Å². The maximum absolute atomic E-state index is 12.0. The Kier molecular flexibility index (Phi) is 4.96. The highest BCUT2D eigenvalue weighted by molar-refractivity contribution is 9.10. The second-order valence-corrected chi connectivity index (χ2v) is 6.34. The Bertz CT molecular complexity index is 907. The molecule has 0 amide bonds.